The van der Waals surface area contributed by atoms with E-state index in [0.717, 1.165) is 34.7 Å². The van der Waals surface area contributed by atoms with E-state index < -0.39 is 0 Å². The van der Waals surface area contributed by atoms with E-state index in [-0.39, 0.29) is 11.9 Å². The first-order chi connectivity index (χ1) is 8.65. The third-order valence-corrected chi connectivity index (χ3v) is 4.46. The number of aromatic nitrogens is 1. The third kappa shape index (κ3) is 1.93. The number of carbonyl (C=O) groups is 1. The Bertz CT molecular complexity index is 612. The highest BCUT2D eigenvalue weighted by molar-refractivity contribution is 7.22. The predicted octanol–water partition coefficient (Wildman–Crippen LogP) is 2.40. The third-order valence-electron chi connectivity index (χ3n) is 3.17. The zero-order valence-electron chi connectivity index (χ0n) is 9.60. The summed E-state index contributed by atoms with van der Waals surface area (Å²) in [6.45, 7) is 0.834. The summed E-state index contributed by atoms with van der Waals surface area (Å²) in [7, 11) is 0. The van der Waals surface area contributed by atoms with Crippen LogP contribution in [0.1, 0.15) is 12.8 Å². The molecule has 1 amide bonds. The summed E-state index contributed by atoms with van der Waals surface area (Å²) in [4.78, 5) is 17.9. The first-order valence-corrected chi connectivity index (χ1v) is 6.96. The van der Waals surface area contributed by atoms with Crippen molar-refractivity contribution in [2.24, 2.45) is 5.73 Å². The maximum Gasteiger partial charge on any atom is 0.240 e. The first kappa shape index (κ1) is 11.7. The van der Waals surface area contributed by atoms with Gasteiger partial charge in [-0.2, -0.15) is 0 Å². The lowest BCUT2D eigenvalue weighted by atomic mass is 10.2. The molecule has 6 heteroatoms. The minimum atomic E-state index is -0.273. The lowest BCUT2D eigenvalue weighted by Gasteiger charge is -2.20. The Balaban J connectivity index is 2.01. The average Bonchev–Trinajstić information content (AvgIpc) is 2.93. The fourth-order valence-corrected chi connectivity index (χ4v) is 3.62. The normalized spacial score (nSPS) is 19.6. The molecule has 2 N–H and O–H groups in total. The number of carbonyl (C=O) groups excluding carboxylic acids is 1. The molecule has 4 nitrogen and oxygen atoms in total. The van der Waals surface area contributed by atoms with E-state index in [0.29, 0.717) is 5.02 Å². The number of rotatable bonds is 2. The van der Waals surface area contributed by atoms with Crippen LogP contribution >= 0.6 is 22.9 Å². The SMILES string of the molecule is NC(=O)C1CCCN1c1nc2ccc(Cl)cc2s1. The second-order valence-electron chi connectivity index (χ2n) is 4.36. The molecule has 1 aromatic carbocycles. The van der Waals surface area contributed by atoms with Gasteiger partial charge >= 0.3 is 0 Å². The molecule has 3 rings (SSSR count). The van der Waals surface area contributed by atoms with Crippen LogP contribution in [0, 0.1) is 0 Å². The molecule has 0 saturated carbocycles. The van der Waals surface area contributed by atoms with E-state index >= 15 is 0 Å². The number of nitrogens with zero attached hydrogens (tertiary/aromatic N) is 2. The van der Waals surface area contributed by atoms with Crippen LogP contribution in [0.15, 0.2) is 18.2 Å². The molecule has 1 aliphatic heterocycles. The van der Waals surface area contributed by atoms with Gasteiger partial charge in [0.25, 0.3) is 0 Å². The number of benzene rings is 1. The van der Waals surface area contributed by atoms with Crippen LogP contribution in [0.4, 0.5) is 5.13 Å². The van der Waals surface area contributed by atoms with Crippen molar-refractivity contribution in [1.82, 2.24) is 4.98 Å². The van der Waals surface area contributed by atoms with Crippen LogP contribution in [-0.4, -0.2) is 23.5 Å². The van der Waals surface area contributed by atoms with Crippen molar-refractivity contribution >= 4 is 44.2 Å². The van der Waals surface area contributed by atoms with Gasteiger partial charge in [-0.25, -0.2) is 4.98 Å². The highest BCUT2D eigenvalue weighted by atomic mass is 35.5. The molecule has 18 heavy (non-hydrogen) atoms. The maximum absolute atomic E-state index is 11.4. The summed E-state index contributed by atoms with van der Waals surface area (Å²) in [5.41, 5.74) is 6.33. The zero-order chi connectivity index (χ0) is 12.7. The molecule has 1 fully saturated rings. The van der Waals surface area contributed by atoms with E-state index in [1.807, 2.05) is 23.1 Å². The monoisotopic (exact) mass is 281 g/mol. The quantitative estimate of drug-likeness (QED) is 0.919. The van der Waals surface area contributed by atoms with E-state index in [1.54, 1.807) is 11.3 Å². The molecule has 1 aromatic heterocycles. The molecule has 2 aromatic rings. The number of hydrogen-bond acceptors (Lipinski definition) is 4. The van der Waals surface area contributed by atoms with Gasteiger partial charge in [0.05, 0.1) is 10.2 Å². The lowest BCUT2D eigenvalue weighted by Crippen LogP contribution is -2.40. The van der Waals surface area contributed by atoms with Gasteiger partial charge in [-0.05, 0) is 31.0 Å². The van der Waals surface area contributed by atoms with Crippen LogP contribution in [0.25, 0.3) is 10.2 Å². The molecular formula is C12H12ClN3OS. The van der Waals surface area contributed by atoms with Crippen molar-refractivity contribution in [2.45, 2.75) is 18.9 Å². The first-order valence-electron chi connectivity index (χ1n) is 5.77. The largest absolute Gasteiger partial charge is 0.368 e. The number of primary amides is 1. The van der Waals surface area contributed by atoms with Crippen molar-refractivity contribution in [2.75, 3.05) is 11.4 Å². The second-order valence-corrected chi connectivity index (χ2v) is 5.81. The van der Waals surface area contributed by atoms with Crippen molar-refractivity contribution in [3.8, 4) is 0 Å². The van der Waals surface area contributed by atoms with E-state index in [9.17, 15) is 4.79 Å². The number of thiazole rings is 1. The zero-order valence-corrected chi connectivity index (χ0v) is 11.2. The van der Waals surface area contributed by atoms with Gasteiger partial charge in [-0.1, -0.05) is 22.9 Å². The Labute approximate surface area is 113 Å². The van der Waals surface area contributed by atoms with Gasteiger partial charge in [0.15, 0.2) is 5.13 Å². The minimum Gasteiger partial charge on any atom is -0.368 e. The summed E-state index contributed by atoms with van der Waals surface area (Å²) in [5.74, 6) is -0.273. The van der Waals surface area contributed by atoms with Crippen molar-refractivity contribution in [3.63, 3.8) is 0 Å². The molecule has 2 heterocycles. The molecule has 1 aliphatic rings. The van der Waals surface area contributed by atoms with Gasteiger partial charge < -0.3 is 10.6 Å². The lowest BCUT2D eigenvalue weighted by molar-refractivity contribution is -0.119. The Kier molecular flexibility index (Phi) is 2.87. The van der Waals surface area contributed by atoms with Crippen LogP contribution in [0.3, 0.4) is 0 Å². The molecule has 0 spiro atoms. The van der Waals surface area contributed by atoms with E-state index in [4.69, 9.17) is 17.3 Å². The number of amides is 1. The average molecular weight is 282 g/mol. The standard InChI is InChI=1S/C12H12ClN3OS/c13-7-3-4-8-10(6-7)18-12(15-8)16-5-1-2-9(16)11(14)17/h3-4,6,9H,1-2,5H2,(H2,14,17). The Morgan fingerprint density at radius 2 is 2.39 bits per heavy atom. The molecule has 1 saturated heterocycles. The molecule has 0 radical (unpaired) electrons. The number of halogens is 1. The second kappa shape index (κ2) is 4.40. The smallest absolute Gasteiger partial charge is 0.240 e. The highest BCUT2D eigenvalue weighted by Gasteiger charge is 2.31. The number of nitrogens with two attached hydrogens (primary N) is 1. The van der Waals surface area contributed by atoms with Gasteiger partial charge in [-0.15, -0.1) is 0 Å². The molecular weight excluding hydrogens is 270 g/mol. The molecule has 0 bridgehead atoms. The van der Waals surface area contributed by atoms with Crippen LogP contribution < -0.4 is 10.6 Å². The van der Waals surface area contributed by atoms with Gasteiger partial charge in [0, 0.05) is 11.6 Å². The summed E-state index contributed by atoms with van der Waals surface area (Å²) in [6, 6.07) is 5.39. The number of hydrogen-bond donors (Lipinski definition) is 1. The summed E-state index contributed by atoms with van der Waals surface area (Å²) >= 11 is 7.51. The molecule has 94 valence electrons. The molecule has 1 atom stereocenters. The van der Waals surface area contributed by atoms with Crippen molar-refractivity contribution in [1.29, 1.82) is 0 Å². The van der Waals surface area contributed by atoms with E-state index in [2.05, 4.69) is 4.98 Å². The Morgan fingerprint density at radius 1 is 1.56 bits per heavy atom. The summed E-state index contributed by atoms with van der Waals surface area (Å²) in [5, 5.41) is 1.55. The van der Waals surface area contributed by atoms with Gasteiger partial charge in [0.2, 0.25) is 5.91 Å². The topological polar surface area (TPSA) is 59.2 Å². The van der Waals surface area contributed by atoms with Gasteiger partial charge in [0.1, 0.15) is 6.04 Å². The van der Waals surface area contributed by atoms with Crippen LogP contribution in [0.2, 0.25) is 5.02 Å². The Hall–Kier alpha value is -1.33. The number of fused-ring (bicyclic) bond motifs is 1. The Morgan fingerprint density at radius 3 is 3.17 bits per heavy atom. The maximum atomic E-state index is 11.4. The summed E-state index contributed by atoms with van der Waals surface area (Å²) in [6.07, 6.45) is 1.79. The number of anilines is 1. The summed E-state index contributed by atoms with van der Waals surface area (Å²) < 4.78 is 1.03. The van der Waals surface area contributed by atoms with Gasteiger partial charge in [-0.3, -0.25) is 4.79 Å². The van der Waals surface area contributed by atoms with Crippen molar-refractivity contribution < 1.29 is 4.79 Å². The highest BCUT2D eigenvalue weighted by Crippen LogP contribution is 2.34. The molecule has 1 unspecified atom stereocenters. The fourth-order valence-electron chi connectivity index (χ4n) is 2.30. The predicted molar refractivity (Wildman–Crippen MR) is 74.2 cm³/mol. The van der Waals surface area contributed by atoms with Crippen LogP contribution in [0.5, 0.6) is 0 Å². The fraction of sp³-hybridized carbons (Fsp3) is 0.333. The molecule has 0 aliphatic carbocycles. The van der Waals surface area contributed by atoms with Crippen molar-refractivity contribution in [3.05, 3.63) is 23.2 Å². The van der Waals surface area contributed by atoms with Crippen LogP contribution in [-0.2, 0) is 4.79 Å². The minimum absolute atomic E-state index is 0.221. The van der Waals surface area contributed by atoms with E-state index in [1.165, 1.54) is 0 Å².